The normalized spacial score (nSPS) is 17.9. The minimum Gasteiger partial charge on any atom is -0.330 e. The molecule has 1 amide bonds. The fraction of sp³-hybridized carbons (Fsp3) is 0.269. The van der Waals surface area contributed by atoms with E-state index >= 15 is 0 Å². The van der Waals surface area contributed by atoms with Crippen molar-refractivity contribution >= 4 is 27.5 Å². The highest BCUT2D eigenvalue weighted by molar-refractivity contribution is 9.10. The van der Waals surface area contributed by atoms with E-state index in [2.05, 4.69) is 45.1 Å². The van der Waals surface area contributed by atoms with E-state index in [-0.39, 0.29) is 17.8 Å². The number of nitrogens with zero attached hydrogens (tertiary/aromatic N) is 4. The molecule has 4 aromatic rings. The summed E-state index contributed by atoms with van der Waals surface area (Å²) in [5, 5.41) is 4.67. The minimum atomic E-state index is -0.356. The van der Waals surface area contributed by atoms with Gasteiger partial charge in [0.1, 0.15) is 11.5 Å². The Morgan fingerprint density at radius 1 is 1.12 bits per heavy atom. The van der Waals surface area contributed by atoms with Crippen LogP contribution in [0.25, 0.3) is 16.9 Å². The van der Waals surface area contributed by atoms with Gasteiger partial charge >= 0.3 is 0 Å². The maximum absolute atomic E-state index is 14.7. The molecule has 33 heavy (non-hydrogen) atoms. The van der Waals surface area contributed by atoms with Crippen molar-refractivity contribution in [2.45, 2.75) is 38.1 Å². The first kappa shape index (κ1) is 20.5. The third-order valence-electron chi connectivity index (χ3n) is 6.75. The van der Waals surface area contributed by atoms with Gasteiger partial charge in [-0.1, -0.05) is 30.3 Å². The van der Waals surface area contributed by atoms with Gasteiger partial charge < -0.3 is 4.90 Å². The number of rotatable bonds is 3. The van der Waals surface area contributed by atoms with Gasteiger partial charge in [-0.25, -0.2) is 13.9 Å². The summed E-state index contributed by atoms with van der Waals surface area (Å²) < 4.78 is 16.9. The summed E-state index contributed by atoms with van der Waals surface area (Å²) in [4.78, 5) is 20.2. The zero-order valence-electron chi connectivity index (χ0n) is 18.1. The van der Waals surface area contributed by atoms with Gasteiger partial charge in [-0.2, -0.15) is 5.10 Å². The van der Waals surface area contributed by atoms with Crippen molar-refractivity contribution in [3.63, 3.8) is 0 Å². The first-order valence-corrected chi connectivity index (χ1v) is 12.0. The second-order valence-electron chi connectivity index (χ2n) is 8.86. The molecule has 0 unspecified atom stereocenters. The largest absolute Gasteiger partial charge is 0.330 e. The van der Waals surface area contributed by atoms with Crippen LogP contribution in [0.15, 0.2) is 59.1 Å². The lowest BCUT2D eigenvalue weighted by Gasteiger charge is -2.35. The van der Waals surface area contributed by atoms with E-state index in [1.165, 1.54) is 11.1 Å². The Hall–Kier alpha value is -3.06. The van der Waals surface area contributed by atoms with Crippen LogP contribution in [0.3, 0.4) is 0 Å². The van der Waals surface area contributed by atoms with Gasteiger partial charge in [0, 0.05) is 29.8 Å². The molecule has 166 valence electrons. The van der Waals surface area contributed by atoms with Gasteiger partial charge in [0.05, 0.1) is 16.2 Å². The van der Waals surface area contributed by atoms with Crippen molar-refractivity contribution in [2.24, 2.45) is 0 Å². The van der Waals surface area contributed by atoms with Crippen LogP contribution in [0.1, 0.15) is 59.0 Å². The van der Waals surface area contributed by atoms with E-state index in [0.29, 0.717) is 39.5 Å². The van der Waals surface area contributed by atoms with Crippen molar-refractivity contribution in [3.8, 4) is 11.3 Å². The minimum absolute atomic E-state index is 0.0129. The lowest BCUT2D eigenvalue weighted by molar-refractivity contribution is 0.0671. The number of halogens is 2. The zero-order chi connectivity index (χ0) is 22.7. The Labute approximate surface area is 199 Å². The van der Waals surface area contributed by atoms with Crippen molar-refractivity contribution in [1.82, 2.24) is 19.5 Å². The van der Waals surface area contributed by atoms with Crippen molar-refractivity contribution < 1.29 is 9.18 Å². The zero-order valence-corrected chi connectivity index (χ0v) is 19.7. The lowest BCUT2D eigenvalue weighted by Crippen LogP contribution is -2.39. The molecule has 2 aromatic heterocycles. The molecule has 7 heteroatoms. The monoisotopic (exact) mass is 504 g/mol. The van der Waals surface area contributed by atoms with Gasteiger partial charge in [0.25, 0.3) is 5.91 Å². The molecular weight excluding hydrogens is 483 g/mol. The predicted octanol–water partition coefficient (Wildman–Crippen LogP) is 5.93. The summed E-state index contributed by atoms with van der Waals surface area (Å²) in [5.41, 5.74) is 5.37. The number of fused-ring (bicyclic) bond motifs is 2. The highest BCUT2D eigenvalue weighted by atomic mass is 79.9. The van der Waals surface area contributed by atoms with Crippen molar-refractivity contribution in [3.05, 3.63) is 87.4 Å². The molecule has 5 nitrogen and oxygen atoms in total. The maximum Gasteiger partial charge on any atom is 0.273 e. The third kappa shape index (κ3) is 3.46. The van der Waals surface area contributed by atoms with E-state index in [1.54, 1.807) is 28.8 Å². The molecule has 0 spiro atoms. The van der Waals surface area contributed by atoms with E-state index in [0.717, 1.165) is 25.0 Å². The van der Waals surface area contributed by atoms with Gasteiger partial charge in [0.15, 0.2) is 5.65 Å². The molecule has 0 N–H and O–H groups in total. The van der Waals surface area contributed by atoms with Crippen LogP contribution < -0.4 is 0 Å². The fourth-order valence-electron chi connectivity index (χ4n) is 4.81. The van der Waals surface area contributed by atoms with Crippen LogP contribution in [0.4, 0.5) is 4.39 Å². The number of benzene rings is 2. The van der Waals surface area contributed by atoms with Crippen LogP contribution in [0, 0.1) is 5.82 Å². The number of carbonyl (C=O) groups excluding carboxylic acids is 1. The number of hydrogen-bond acceptors (Lipinski definition) is 3. The predicted molar refractivity (Wildman–Crippen MR) is 128 cm³/mol. The molecule has 1 atom stereocenters. The van der Waals surface area contributed by atoms with Gasteiger partial charge in [-0.3, -0.25) is 4.79 Å². The SMILES string of the molecule is C[C@@H]1c2ccccc2CCN1C(=O)c1cc(C2CC2)n2nc(-c3cccc(Br)c3F)cc2n1. The summed E-state index contributed by atoms with van der Waals surface area (Å²) in [5.74, 6) is -0.0783. The molecule has 0 saturated heterocycles. The number of carbonyl (C=O) groups is 1. The molecule has 1 aliphatic heterocycles. The Morgan fingerprint density at radius 2 is 1.94 bits per heavy atom. The number of aromatic nitrogens is 3. The van der Waals surface area contributed by atoms with Gasteiger partial charge in [-0.05, 0) is 71.4 Å². The Kier molecular flexibility index (Phi) is 4.83. The molecular formula is C26H22BrFN4O. The summed E-state index contributed by atoms with van der Waals surface area (Å²) in [7, 11) is 0. The Balaban J connectivity index is 1.42. The highest BCUT2D eigenvalue weighted by Crippen LogP contribution is 2.41. The van der Waals surface area contributed by atoms with E-state index in [9.17, 15) is 9.18 Å². The van der Waals surface area contributed by atoms with Crippen LogP contribution >= 0.6 is 15.9 Å². The maximum atomic E-state index is 14.7. The molecule has 0 bridgehead atoms. The molecule has 6 rings (SSSR count). The molecule has 1 fully saturated rings. The lowest BCUT2D eigenvalue weighted by atomic mass is 9.93. The number of amides is 1. The van der Waals surface area contributed by atoms with Crippen LogP contribution in [-0.2, 0) is 6.42 Å². The molecule has 0 radical (unpaired) electrons. The summed E-state index contributed by atoms with van der Waals surface area (Å²) in [6.07, 6.45) is 2.95. The molecule has 1 saturated carbocycles. The number of hydrogen-bond donors (Lipinski definition) is 0. The Bertz CT molecular complexity index is 1410. The van der Waals surface area contributed by atoms with E-state index in [1.807, 2.05) is 23.1 Å². The quantitative estimate of drug-likeness (QED) is 0.347. The standard InChI is InChI=1S/C26H22BrFN4O/c1-15-18-6-3-2-5-16(18)11-12-31(15)26(33)22-13-23(17-9-10-17)32-24(29-22)14-21(30-32)19-7-4-8-20(27)25(19)28/h2-8,13-15,17H,9-12H2,1H3/t15-/m1/s1. The molecule has 1 aliphatic carbocycles. The first-order valence-electron chi connectivity index (χ1n) is 11.2. The van der Waals surface area contributed by atoms with E-state index < -0.39 is 0 Å². The van der Waals surface area contributed by atoms with Crippen LogP contribution in [0.5, 0.6) is 0 Å². The van der Waals surface area contributed by atoms with Crippen molar-refractivity contribution in [2.75, 3.05) is 6.54 Å². The topological polar surface area (TPSA) is 50.5 Å². The summed E-state index contributed by atoms with van der Waals surface area (Å²) in [6, 6.07) is 17.1. The summed E-state index contributed by atoms with van der Waals surface area (Å²) in [6.45, 7) is 2.74. The highest BCUT2D eigenvalue weighted by Gasteiger charge is 2.32. The molecule has 2 aromatic carbocycles. The summed E-state index contributed by atoms with van der Waals surface area (Å²) >= 11 is 3.25. The third-order valence-corrected chi connectivity index (χ3v) is 7.37. The average Bonchev–Trinajstić information content (AvgIpc) is 3.58. The van der Waals surface area contributed by atoms with E-state index in [4.69, 9.17) is 0 Å². The fourth-order valence-corrected chi connectivity index (χ4v) is 5.17. The smallest absolute Gasteiger partial charge is 0.273 e. The van der Waals surface area contributed by atoms with Crippen LogP contribution in [-0.4, -0.2) is 31.9 Å². The van der Waals surface area contributed by atoms with Crippen LogP contribution in [0.2, 0.25) is 0 Å². The Morgan fingerprint density at radius 3 is 2.76 bits per heavy atom. The van der Waals surface area contributed by atoms with Gasteiger partial charge in [0.2, 0.25) is 0 Å². The molecule has 2 aliphatic rings. The first-order chi connectivity index (χ1) is 16.0. The molecule has 3 heterocycles. The van der Waals surface area contributed by atoms with Gasteiger partial charge in [-0.15, -0.1) is 0 Å². The average molecular weight is 505 g/mol. The second kappa shape index (κ2) is 7.76. The van der Waals surface area contributed by atoms with Crippen molar-refractivity contribution in [1.29, 1.82) is 0 Å². The second-order valence-corrected chi connectivity index (χ2v) is 9.72.